The van der Waals surface area contributed by atoms with Gasteiger partial charge in [-0.25, -0.2) is 15.0 Å². The van der Waals surface area contributed by atoms with Gasteiger partial charge in [-0.2, -0.15) is 0 Å². The second kappa shape index (κ2) is 11.7. The molecule has 0 amide bonds. The van der Waals surface area contributed by atoms with E-state index in [2.05, 4.69) is 106 Å². The fraction of sp³-hybridized carbons (Fsp3) is 0.250. The summed E-state index contributed by atoms with van der Waals surface area (Å²) in [6.45, 7) is 10.3. The highest BCUT2D eigenvalue weighted by Gasteiger charge is 2.23. The van der Waals surface area contributed by atoms with E-state index in [0.717, 1.165) is 41.1 Å². The predicted molar refractivity (Wildman–Crippen MR) is 152 cm³/mol. The van der Waals surface area contributed by atoms with Crippen LogP contribution in [0.4, 0.5) is 0 Å². The number of benzene rings is 2. The number of rotatable bonds is 7. The first-order chi connectivity index (χ1) is 17.5. The van der Waals surface area contributed by atoms with Gasteiger partial charge in [-0.05, 0) is 64.5 Å². The molecular weight excluding hydrogens is 440 g/mol. The zero-order valence-corrected chi connectivity index (χ0v) is 21.9. The van der Waals surface area contributed by atoms with E-state index in [1.165, 1.54) is 16.7 Å². The molecule has 1 aliphatic carbocycles. The molecule has 3 aromatic rings. The van der Waals surface area contributed by atoms with Gasteiger partial charge in [-0.15, -0.1) is 0 Å². The Morgan fingerprint density at radius 1 is 0.806 bits per heavy atom. The number of hydrogen-bond acceptors (Lipinski definition) is 4. The summed E-state index contributed by atoms with van der Waals surface area (Å²) in [7, 11) is 0. The van der Waals surface area contributed by atoms with Crippen LogP contribution < -0.4 is 0 Å². The average molecular weight is 475 g/mol. The molecule has 1 atom stereocenters. The number of allylic oxidation sites excluding steroid dienone is 7. The van der Waals surface area contributed by atoms with Crippen molar-refractivity contribution in [3.63, 3.8) is 0 Å². The molecule has 2 aromatic carbocycles. The largest absolute Gasteiger partial charge is 0.262 e. The van der Waals surface area contributed by atoms with Crippen LogP contribution in [-0.4, -0.2) is 20.7 Å². The standard InChI is InChI=1S/C32H34N4/c1-6-8-9-27-21-28(18-19-29(27)24(5)33-20-7-2)32-35-30(25-14-10-22(3)11-15-25)34-31(36-32)26-16-12-23(4)13-17-26/h6-8,10-20,27H,9,21H2,1-5H3/b8-6?,20-7-,33-24+. The van der Waals surface area contributed by atoms with Gasteiger partial charge >= 0.3 is 0 Å². The lowest BCUT2D eigenvalue weighted by molar-refractivity contribution is 0.654. The highest BCUT2D eigenvalue weighted by Crippen LogP contribution is 2.34. The lowest BCUT2D eigenvalue weighted by Crippen LogP contribution is -2.15. The van der Waals surface area contributed by atoms with E-state index in [1.54, 1.807) is 0 Å². The Morgan fingerprint density at radius 2 is 1.36 bits per heavy atom. The Balaban J connectivity index is 1.82. The highest BCUT2D eigenvalue weighted by atomic mass is 15.0. The van der Waals surface area contributed by atoms with Gasteiger partial charge in [-0.3, -0.25) is 4.99 Å². The SMILES string of the molecule is CC=CCC1CC(c2nc(-c3ccc(C)cc3)nc(-c3ccc(C)cc3)n2)=CC=C1/C(C)=N/C=C\C. The molecule has 0 saturated carbocycles. The minimum atomic E-state index is 0.317. The molecule has 1 aliphatic rings. The van der Waals surface area contributed by atoms with Crippen LogP contribution in [0.2, 0.25) is 0 Å². The topological polar surface area (TPSA) is 51.0 Å². The lowest BCUT2D eigenvalue weighted by Gasteiger charge is -2.24. The van der Waals surface area contributed by atoms with Crippen LogP contribution in [0, 0.1) is 19.8 Å². The minimum Gasteiger partial charge on any atom is -0.262 e. The molecule has 36 heavy (non-hydrogen) atoms. The molecule has 0 N–H and O–H groups in total. The normalized spacial score (nSPS) is 16.5. The molecule has 1 heterocycles. The molecule has 4 rings (SSSR count). The summed E-state index contributed by atoms with van der Waals surface area (Å²) in [4.78, 5) is 19.4. The zero-order valence-electron chi connectivity index (χ0n) is 21.9. The van der Waals surface area contributed by atoms with E-state index < -0.39 is 0 Å². The van der Waals surface area contributed by atoms with Gasteiger partial charge in [-0.1, -0.05) is 90.0 Å². The summed E-state index contributed by atoms with van der Waals surface area (Å²) >= 11 is 0. The number of aryl methyl sites for hydroxylation is 2. The molecule has 1 aromatic heterocycles. The third-order valence-electron chi connectivity index (χ3n) is 6.40. The Morgan fingerprint density at radius 3 is 1.89 bits per heavy atom. The van der Waals surface area contributed by atoms with Crippen LogP contribution in [0.1, 0.15) is 50.6 Å². The van der Waals surface area contributed by atoms with Crippen molar-refractivity contribution in [1.82, 2.24) is 15.0 Å². The van der Waals surface area contributed by atoms with E-state index in [-0.39, 0.29) is 0 Å². The average Bonchev–Trinajstić information content (AvgIpc) is 2.91. The first-order valence-electron chi connectivity index (χ1n) is 12.6. The van der Waals surface area contributed by atoms with Gasteiger partial charge in [0.25, 0.3) is 0 Å². The Bertz CT molecular complexity index is 1290. The van der Waals surface area contributed by atoms with E-state index in [4.69, 9.17) is 15.0 Å². The molecule has 0 saturated heterocycles. The van der Waals surface area contributed by atoms with Crippen LogP contribution in [0.25, 0.3) is 28.3 Å². The monoisotopic (exact) mass is 474 g/mol. The van der Waals surface area contributed by atoms with Crippen molar-refractivity contribution in [3.05, 3.63) is 108 Å². The zero-order chi connectivity index (χ0) is 25.5. The van der Waals surface area contributed by atoms with Crippen LogP contribution in [0.15, 0.2) is 95.7 Å². The predicted octanol–water partition coefficient (Wildman–Crippen LogP) is 8.11. The van der Waals surface area contributed by atoms with Crippen molar-refractivity contribution in [1.29, 1.82) is 0 Å². The number of aromatic nitrogens is 3. The van der Waals surface area contributed by atoms with Gasteiger partial charge in [0.2, 0.25) is 0 Å². The lowest BCUT2D eigenvalue weighted by atomic mass is 9.82. The van der Waals surface area contributed by atoms with Gasteiger partial charge in [0.1, 0.15) is 0 Å². The fourth-order valence-corrected chi connectivity index (χ4v) is 4.31. The first kappa shape index (κ1) is 25.2. The maximum Gasteiger partial charge on any atom is 0.164 e. The number of aliphatic imine (C=N–C) groups is 1. The molecule has 0 spiro atoms. The second-order valence-electron chi connectivity index (χ2n) is 9.25. The molecule has 0 radical (unpaired) electrons. The Kier molecular flexibility index (Phi) is 8.17. The Labute approximate surface area is 215 Å². The van der Waals surface area contributed by atoms with E-state index in [0.29, 0.717) is 17.6 Å². The summed E-state index contributed by atoms with van der Waals surface area (Å²) in [6.07, 6.45) is 14.3. The summed E-state index contributed by atoms with van der Waals surface area (Å²) < 4.78 is 0. The summed E-state index contributed by atoms with van der Waals surface area (Å²) in [5, 5.41) is 0. The van der Waals surface area contributed by atoms with Gasteiger partial charge in [0.05, 0.1) is 0 Å². The second-order valence-corrected chi connectivity index (χ2v) is 9.25. The van der Waals surface area contributed by atoms with Gasteiger partial charge < -0.3 is 0 Å². The highest BCUT2D eigenvalue weighted by molar-refractivity contribution is 6.00. The Hall–Kier alpha value is -3.92. The smallest absolute Gasteiger partial charge is 0.164 e. The van der Waals surface area contributed by atoms with E-state index in [1.807, 2.05) is 19.2 Å². The number of nitrogens with zero attached hydrogens (tertiary/aromatic N) is 4. The third-order valence-corrected chi connectivity index (χ3v) is 6.40. The third kappa shape index (κ3) is 6.01. The van der Waals surface area contributed by atoms with Gasteiger partial charge in [0, 0.05) is 23.0 Å². The maximum atomic E-state index is 4.96. The maximum absolute atomic E-state index is 4.96. The van der Waals surface area contributed by atoms with Crippen LogP contribution in [0.3, 0.4) is 0 Å². The minimum absolute atomic E-state index is 0.317. The first-order valence-corrected chi connectivity index (χ1v) is 12.6. The van der Waals surface area contributed by atoms with E-state index >= 15 is 0 Å². The molecular formula is C32H34N4. The van der Waals surface area contributed by atoms with Crippen molar-refractivity contribution in [2.75, 3.05) is 0 Å². The van der Waals surface area contributed by atoms with Crippen molar-refractivity contribution < 1.29 is 0 Å². The summed E-state index contributed by atoms with van der Waals surface area (Å²) in [5.41, 5.74) is 7.84. The van der Waals surface area contributed by atoms with Crippen molar-refractivity contribution in [3.8, 4) is 22.8 Å². The fourth-order valence-electron chi connectivity index (χ4n) is 4.31. The number of hydrogen-bond donors (Lipinski definition) is 0. The molecule has 0 bridgehead atoms. The summed E-state index contributed by atoms with van der Waals surface area (Å²) in [6, 6.07) is 16.7. The molecule has 4 nitrogen and oxygen atoms in total. The van der Waals surface area contributed by atoms with Crippen molar-refractivity contribution in [2.24, 2.45) is 10.9 Å². The van der Waals surface area contributed by atoms with Crippen molar-refractivity contribution in [2.45, 2.75) is 47.5 Å². The molecule has 0 fully saturated rings. The van der Waals surface area contributed by atoms with E-state index in [9.17, 15) is 0 Å². The molecule has 0 aliphatic heterocycles. The molecule has 1 unspecified atom stereocenters. The summed E-state index contributed by atoms with van der Waals surface area (Å²) in [5.74, 6) is 2.45. The quantitative estimate of drug-likeness (QED) is 0.257. The van der Waals surface area contributed by atoms with Crippen LogP contribution >= 0.6 is 0 Å². The van der Waals surface area contributed by atoms with Gasteiger partial charge in [0.15, 0.2) is 17.5 Å². The van der Waals surface area contributed by atoms with Crippen LogP contribution in [-0.2, 0) is 0 Å². The molecule has 4 heteroatoms. The van der Waals surface area contributed by atoms with Crippen molar-refractivity contribution >= 4 is 11.3 Å². The molecule has 182 valence electrons. The van der Waals surface area contributed by atoms with Crippen LogP contribution in [0.5, 0.6) is 0 Å².